The summed E-state index contributed by atoms with van der Waals surface area (Å²) in [7, 11) is 0. The fraction of sp³-hybridized carbons (Fsp3) is 0.286. The number of nitrogen functional groups attached to an aromatic ring is 1. The molecule has 0 saturated heterocycles. The standard InChI is InChI=1S/C14H16N2S/c1-14(6-7-14)16-17-13-5-3-10-2-4-12(15)8-11(10)9-13/h2-5,8-9,16H,6-7,15H2,1H3. The predicted molar refractivity (Wildman–Crippen MR) is 75.0 cm³/mol. The van der Waals surface area contributed by atoms with Crippen LogP contribution in [0, 0.1) is 0 Å². The van der Waals surface area contributed by atoms with Crippen LogP contribution in [0.4, 0.5) is 5.69 Å². The van der Waals surface area contributed by atoms with E-state index < -0.39 is 0 Å². The number of anilines is 1. The average molecular weight is 244 g/mol. The monoisotopic (exact) mass is 244 g/mol. The zero-order valence-electron chi connectivity index (χ0n) is 9.86. The lowest BCUT2D eigenvalue weighted by molar-refractivity contribution is 0.701. The summed E-state index contributed by atoms with van der Waals surface area (Å²) >= 11 is 1.72. The Morgan fingerprint density at radius 1 is 1.12 bits per heavy atom. The van der Waals surface area contributed by atoms with Gasteiger partial charge in [0, 0.05) is 16.1 Å². The van der Waals surface area contributed by atoms with Crippen LogP contribution in [0.1, 0.15) is 19.8 Å². The van der Waals surface area contributed by atoms with Crippen molar-refractivity contribution in [2.75, 3.05) is 5.73 Å². The Kier molecular flexibility index (Phi) is 2.53. The molecule has 0 radical (unpaired) electrons. The highest BCUT2D eigenvalue weighted by atomic mass is 32.2. The van der Waals surface area contributed by atoms with Gasteiger partial charge in [-0.15, -0.1) is 0 Å². The van der Waals surface area contributed by atoms with Gasteiger partial charge >= 0.3 is 0 Å². The van der Waals surface area contributed by atoms with Gasteiger partial charge in [-0.3, -0.25) is 4.72 Å². The van der Waals surface area contributed by atoms with Gasteiger partial charge in [0.1, 0.15) is 0 Å². The summed E-state index contributed by atoms with van der Waals surface area (Å²) in [4.78, 5) is 1.25. The fourth-order valence-corrected chi connectivity index (χ4v) is 2.67. The number of hydrogen-bond acceptors (Lipinski definition) is 3. The normalized spacial score (nSPS) is 17.2. The average Bonchev–Trinajstić information content (AvgIpc) is 3.05. The summed E-state index contributed by atoms with van der Waals surface area (Å²) < 4.78 is 3.51. The molecule has 0 aliphatic heterocycles. The molecule has 1 saturated carbocycles. The second-order valence-corrected chi connectivity index (χ2v) is 5.91. The van der Waals surface area contributed by atoms with Gasteiger partial charge in [-0.25, -0.2) is 0 Å². The first-order valence-electron chi connectivity index (χ1n) is 5.88. The molecule has 2 nitrogen and oxygen atoms in total. The Morgan fingerprint density at radius 2 is 1.88 bits per heavy atom. The Labute approximate surface area is 106 Å². The van der Waals surface area contributed by atoms with E-state index in [2.05, 4.69) is 35.9 Å². The van der Waals surface area contributed by atoms with E-state index >= 15 is 0 Å². The number of nitrogens with two attached hydrogens (primary N) is 1. The summed E-state index contributed by atoms with van der Waals surface area (Å²) in [5.41, 5.74) is 6.98. The van der Waals surface area contributed by atoms with Crippen molar-refractivity contribution in [2.45, 2.75) is 30.2 Å². The van der Waals surface area contributed by atoms with E-state index in [1.807, 2.05) is 12.1 Å². The summed E-state index contributed by atoms with van der Waals surface area (Å²) in [5, 5.41) is 2.44. The minimum absolute atomic E-state index is 0.356. The van der Waals surface area contributed by atoms with Gasteiger partial charge in [0.2, 0.25) is 0 Å². The van der Waals surface area contributed by atoms with Crippen molar-refractivity contribution >= 4 is 28.4 Å². The molecule has 0 bridgehead atoms. The molecule has 0 heterocycles. The first-order chi connectivity index (χ1) is 8.15. The molecule has 3 rings (SSSR count). The van der Waals surface area contributed by atoms with E-state index in [0.29, 0.717) is 5.54 Å². The van der Waals surface area contributed by atoms with E-state index in [4.69, 9.17) is 5.73 Å². The van der Waals surface area contributed by atoms with Crippen molar-refractivity contribution in [2.24, 2.45) is 0 Å². The molecule has 88 valence electrons. The lowest BCUT2D eigenvalue weighted by atomic mass is 10.1. The molecule has 0 aromatic heterocycles. The summed E-state index contributed by atoms with van der Waals surface area (Å²) in [6.45, 7) is 2.26. The Hall–Kier alpha value is -1.19. The second kappa shape index (κ2) is 3.93. The Bertz CT molecular complexity index is 561. The fourth-order valence-electron chi connectivity index (χ4n) is 1.78. The summed E-state index contributed by atoms with van der Waals surface area (Å²) in [6.07, 6.45) is 2.56. The third kappa shape index (κ3) is 2.40. The lowest BCUT2D eigenvalue weighted by Crippen LogP contribution is -2.19. The van der Waals surface area contributed by atoms with Crippen molar-refractivity contribution in [1.29, 1.82) is 0 Å². The SMILES string of the molecule is CC1(NSc2ccc3ccc(N)cc3c2)CC1. The van der Waals surface area contributed by atoms with Crippen LogP contribution in [0.15, 0.2) is 41.3 Å². The van der Waals surface area contributed by atoms with Gasteiger partial charge in [-0.05, 0) is 66.8 Å². The van der Waals surface area contributed by atoms with Crippen molar-refractivity contribution in [3.8, 4) is 0 Å². The molecule has 3 N–H and O–H groups in total. The maximum absolute atomic E-state index is 5.80. The molecule has 2 aromatic rings. The summed E-state index contributed by atoms with van der Waals surface area (Å²) in [5.74, 6) is 0. The van der Waals surface area contributed by atoms with Crippen LogP contribution in [0.25, 0.3) is 10.8 Å². The first-order valence-corrected chi connectivity index (χ1v) is 6.70. The van der Waals surface area contributed by atoms with Crippen molar-refractivity contribution in [1.82, 2.24) is 4.72 Å². The van der Waals surface area contributed by atoms with Gasteiger partial charge < -0.3 is 5.73 Å². The van der Waals surface area contributed by atoms with Crippen molar-refractivity contribution in [3.05, 3.63) is 36.4 Å². The highest BCUT2D eigenvalue weighted by Gasteiger charge is 2.36. The van der Waals surface area contributed by atoms with Crippen molar-refractivity contribution < 1.29 is 0 Å². The van der Waals surface area contributed by atoms with Gasteiger partial charge in [-0.2, -0.15) is 0 Å². The third-order valence-electron chi connectivity index (χ3n) is 3.25. The number of nitrogens with one attached hydrogen (secondary N) is 1. The van der Waals surface area contributed by atoms with Crippen LogP contribution in [0.3, 0.4) is 0 Å². The van der Waals surface area contributed by atoms with E-state index in [1.54, 1.807) is 11.9 Å². The molecule has 1 fully saturated rings. The van der Waals surface area contributed by atoms with Crippen LogP contribution in [0.5, 0.6) is 0 Å². The smallest absolute Gasteiger partial charge is 0.0320 e. The van der Waals surface area contributed by atoms with E-state index in [1.165, 1.54) is 28.5 Å². The van der Waals surface area contributed by atoms with Crippen molar-refractivity contribution in [3.63, 3.8) is 0 Å². The molecule has 1 aliphatic carbocycles. The molecule has 17 heavy (non-hydrogen) atoms. The number of rotatable bonds is 3. The zero-order valence-corrected chi connectivity index (χ0v) is 10.7. The second-order valence-electron chi connectivity index (χ2n) is 5.03. The Balaban J connectivity index is 1.85. The molecular formula is C14H16N2S. The maximum atomic E-state index is 5.80. The molecule has 0 spiro atoms. The van der Waals surface area contributed by atoms with E-state index in [0.717, 1.165) is 5.69 Å². The number of fused-ring (bicyclic) bond motifs is 1. The van der Waals surface area contributed by atoms with Crippen LogP contribution < -0.4 is 10.5 Å². The molecule has 2 aromatic carbocycles. The van der Waals surface area contributed by atoms with Gasteiger partial charge in [0.15, 0.2) is 0 Å². The van der Waals surface area contributed by atoms with Gasteiger partial charge in [0.05, 0.1) is 0 Å². The molecule has 1 aliphatic rings. The van der Waals surface area contributed by atoms with E-state index in [9.17, 15) is 0 Å². The highest BCUT2D eigenvalue weighted by molar-refractivity contribution is 7.97. The summed E-state index contributed by atoms with van der Waals surface area (Å²) in [6, 6.07) is 12.5. The maximum Gasteiger partial charge on any atom is 0.0320 e. The number of benzene rings is 2. The van der Waals surface area contributed by atoms with Crippen LogP contribution in [-0.4, -0.2) is 5.54 Å². The minimum Gasteiger partial charge on any atom is -0.399 e. The van der Waals surface area contributed by atoms with Crippen LogP contribution in [0.2, 0.25) is 0 Å². The molecule has 0 atom stereocenters. The van der Waals surface area contributed by atoms with Crippen LogP contribution >= 0.6 is 11.9 Å². The first kappa shape index (κ1) is 10.9. The number of hydrogen-bond donors (Lipinski definition) is 2. The molecule has 0 amide bonds. The van der Waals surface area contributed by atoms with E-state index in [-0.39, 0.29) is 0 Å². The molecular weight excluding hydrogens is 228 g/mol. The predicted octanol–water partition coefficient (Wildman–Crippen LogP) is 3.57. The van der Waals surface area contributed by atoms with Crippen LogP contribution in [-0.2, 0) is 0 Å². The third-order valence-corrected chi connectivity index (χ3v) is 4.34. The van der Waals surface area contributed by atoms with Gasteiger partial charge in [0.25, 0.3) is 0 Å². The largest absolute Gasteiger partial charge is 0.399 e. The highest BCUT2D eigenvalue weighted by Crippen LogP contribution is 2.37. The minimum atomic E-state index is 0.356. The zero-order chi connectivity index (χ0) is 11.9. The quantitative estimate of drug-likeness (QED) is 0.640. The Morgan fingerprint density at radius 3 is 2.65 bits per heavy atom. The topological polar surface area (TPSA) is 38.0 Å². The lowest BCUT2D eigenvalue weighted by Gasteiger charge is -2.10. The molecule has 0 unspecified atom stereocenters. The molecule has 3 heteroatoms. The van der Waals surface area contributed by atoms with Gasteiger partial charge in [-0.1, -0.05) is 12.1 Å².